The lowest BCUT2D eigenvalue weighted by atomic mass is 9.93. The Labute approximate surface area is 216 Å². The summed E-state index contributed by atoms with van der Waals surface area (Å²) < 4.78 is 0. The fourth-order valence-corrected chi connectivity index (χ4v) is 4.91. The molecule has 3 aromatic rings. The summed E-state index contributed by atoms with van der Waals surface area (Å²) >= 11 is 0. The standard InChI is InChI=1S/C28H34N6O3/c29-15-24-26(36)25(35)23(14-18-7-3-1-4-8-18)33(16-19-9-5-2-6-10-19)28(37)34(24)17-20-11-12-22(30)21(13-20)27(31)32/h1-13,23-26,35-36H,14-17,29-30H2,(H3,31,32)/t23-,24-,25+,26+/m1/s1. The van der Waals surface area contributed by atoms with E-state index in [1.165, 1.54) is 4.90 Å². The number of amides is 2. The monoisotopic (exact) mass is 502 g/mol. The number of nitrogens with one attached hydrogen (secondary N) is 1. The van der Waals surface area contributed by atoms with Crippen LogP contribution in [-0.2, 0) is 19.5 Å². The van der Waals surface area contributed by atoms with Gasteiger partial charge in [-0.3, -0.25) is 5.41 Å². The number of nitrogens with zero attached hydrogens (tertiary/aromatic N) is 2. The third kappa shape index (κ3) is 5.75. The topological polar surface area (TPSA) is 166 Å². The molecule has 0 radical (unpaired) electrons. The Kier molecular flexibility index (Phi) is 8.08. The summed E-state index contributed by atoms with van der Waals surface area (Å²) in [4.78, 5) is 17.3. The van der Waals surface area contributed by atoms with Crippen LogP contribution in [0.4, 0.5) is 10.5 Å². The molecule has 0 bridgehead atoms. The minimum Gasteiger partial charge on any atom is -0.398 e. The number of aliphatic hydroxyl groups excluding tert-OH is 2. The Morgan fingerprint density at radius 1 is 0.811 bits per heavy atom. The summed E-state index contributed by atoms with van der Waals surface area (Å²) in [6.07, 6.45) is -2.14. The number of carbonyl (C=O) groups excluding carboxylic acids is 1. The Balaban J connectivity index is 1.75. The zero-order valence-electron chi connectivity index (χ0n) is 20.6. The molecule has 9 N–H and O–H groups in total. The number of urea groups is 1. The normalized spacial score (nSPS) is 22.1. The molecule has 0 saturated carbocycles. The second kappa shape index (κ2) is 11.4. The number of rotatable bonds is 8. The number of amidine groups is 1. The van der Waals surface area contributed by atoms with Crippen LogP contribution in [0.5, 0.6) is 0 Å². The summed E-state index contributed by atoms with van der Waals surface area (Å²) in [7, 11) is 0. The largest absolute Gasteiger partial charge is 0.398 e. The first-order valence-electron chi connectivity index (χ1n) is 12.2. The van der Waals surface area contributed by atoms with Crippen molar-refractivity contribution in [3.05, 3.63) is 101 Å². The van der Waals surface area contributed by atoms with Crippen LogP contribution in [0.15, 0.2) is 78.9 Å². The van der Waals surface area contributed by atoms with Crippen molar-refractivity contribution in [1.29, 1.82) is 5.41 Å². The van der Waals surface area contributed by atoms with Crippen molar-refractivity contribution in [2.45, 2.75) is 43.8 Å². The lowest BCUT2D eigenvalue weighted by molar-refractivity contribution is -0.0390. The van der Waals surface area contributed by atoms with E-state index in [4.69, 9.17) is 22.6 Å². The van der Waals surface area contributed by atoms with E-state index < -0.39 is 24.3 Å². The fourth-order valence-electron chi connectivity index (χ4n) is 4.91. The Morgan fingerprint density at radius 3 is 1.95 bits per heavy atom. The predicted octanol–water partition coefficient (Wildman–Crippen LogP) is 1.65. The maximum atomic E-state index is 14.2. The number of anilines is 1. The second-order valence-electron chi connectivity index (χ2n) is 9.40. The molecular weight excluding hydrogens is 468 g/mol. The van der Waals surface area contributed by atoms with Gasteiger partial charge in [-0.25, -0.2) is 4.79 Å². The number of nitrogens with two attached hydrogens (primary N) is 3. The van der Waals surface area contributed by atoms with Gasteiger partial charge in [-0.2, -0.15) is 0 Å². The Morgan fingerprint density at radius 2 is 1.35 bits per heavy atom. The van der Waals surface area contributed by atoms with Crippen LogP contribution >= 0.6 is 0 Å². The van der Waals surface area contributed by atoms with Crippen molar-refractivity contribution in [2.75, 3.05) is 12.3 Å². The second-order valence-corrected chi connectivity index (χ2v) is 9.40. The van der Waals surface area contributed by atoms with Crippen LogP contribution < -0.4 is 17.2 Å². The molecule has 1 aliphatic rings. The zero-order valence-corrected chi connectivity index (χ0v) is 20.6. The molecule has 9 heteroatoms. The van der Waals surface area contributed by atoms with Crippen molar-refractivity contribution >= 4 is 17.6 Å². The van der Waals surface area contributed by atoms with Crippen LogP contribution in [0, 0.1) is 5.41 Å². The van der Waals surface area contributed by atoms with Crippen LogP contribution in [-0.4, -0.2) is 62.7 Å². The van der Waals surface area contributed by atoms with Gasteiger partial charge < -0.3 is 37.2 Å². The highest BCUT2D eigenvalue weighted by Crippen LogP contribution is 2.28. The molecule has 4 rings (SSSR count). The molecule has 3 aromatic carbocycles. The van der Waals surface area contributed by atoms with Gasteiger partial charge in [-0.1, -0.05) is 66.7 Å². The van der Waals surface area contributed by atoms with Crippen LogP contribution in [0.25, 0.3) is 0 Å². The minimum atomic E-state index is -1.27. The van der Waals surface area contributed by atoms with Crippen molar-refractivity contribution in [3.8, 4) is 0 Å². The average Bonchev–Trinajstić information content (AvgIpc) is 2.97. The molecule has 1 heterocycles. The lowest BCUT2D eigenvalue weighted by Gasteiger charge is -2.35. The molecule has 1 saturated heterocycles. The molecule has 0 spiro atoms. The molecule has 0 unspecified atom stereocenters. The molecule has 0 aromatic heterocycles. The third-order valence-corrected chi connectivity index (χ3v) is 6.92. The number of aliphatic hydroxyl groups is 2. The maximum Gasteiger partial charge on any atom is 0.321 e. The fraction of sp³-hybridized carbons (Fsp3) is 0.286. The van der Waals surface area contributed by atoms with E-state index in [-0.39, 0.29) is 31.5 Å². The third-order valence-electron chi connectivity index (χ3n) is 6.92. The zero-order chi connectivity index (χ0) is 26.5. The van der Waals surface area contributed by atoms with Crippen molar-refractivity contribution in [3.63, 3.8) is 0 Å². The van der Waals surface area contributed by atoms with E-state index in [2.05, 4.69) is 0 Å². The van der Waals surface area contributed by atoms with E-state index in [1.54, 1.807) is 23.1 Å². The van der Waals surface area contributed by atoms with Gasteiger partial charge in [0.15, 0.2) is 0 Å². The highest BCUT2D eigenvalue weighted by Gasteiger charge is 2.45. The van der Waals surface area contributed by atoms with Crippen molar-refractivity contribution in [2.24, 2.45) is 11.5 Å². The smallest absolute Gasteiger partial charge is 0.321 e. The molecule has 0 aliphatic carbocycles. The first-order chi connectivity index (χ1) is 17.8. The molecule has 194 valence electrons. The number of nitrogen functional groups attached to an aromatic ring is 2. The Hall–Kier alpha value is -3.92. The molecule has 1 aliphatic heterocycles. The van der Waals surface area contributed by atoms with Gasteiger partial charge in [-0.05, 0) is 35.2 Å². The van der Waals surface area contributed by atoms with Crippen LogP contribution in [0.3, 0.4) is 0 Å². The summed E-state index contributed by atoms with van der Waals surface area (Å²) in [5.74, 6) is -0.180. The van der Waals surface area contributed by atoms with E-state index in [9.17, 15) is 15.0 Å². The molecule has 4 atom stereocenters. The molecule has 1 fully saturated rings. The highest BCUT2D eigenvalue weighted by atomic mass is 16.3. The van der Waals surface area contributed by atoms with Gasteiger partial charge in [-0.15, -0.1) is 0 Å². The van der Waals surface area contributed by atoms with Gasteiger partial charge in [0.05, 0.1) is 12.1 Å². The van der Waals surface area contributed by atoms with E-state index in [0.717, 1.165) is 11.1 Å². The molecular formula is C28H34N6O3. The average molecular weight is 503 g/mol. The minimum absolute atomic E-state index is 0.0459. The predicted molar refractivity (Wildman–Crippen MR) is 144 cm³/mol. The lowest BCUT2D eigenvalue weighted by Crippen LogP contribution is -2.52. The van der Waals surface area contributed by atoms with E-state index >= 15 is 0 Å². The molecule has 2 amide bonds. The summed E-state index contributed by atoms with van der Waals surface area (Å²) in [5, 5.41) is 30.5. The highest BCUT2D eigenvalue weighted by molar-refractivity contribution is 6.00. The first kappa shape index (κ1) is 26.2. The van der Waals surface area contributed by atoms with Gasteiger partial charge in [0.1, 0.15) is 18.0 Å². The molecule has 9 nitrogen and oxygen atoms in total. The van der Waals surface area contributed by atoms with Gasteiger partial charge in [0.2, 0.25) is 0 Å². The number of benzene rings is 3. The summed E-state index contributed by atoms with van der Waals surface area (Å²) in [5.41, 5.74) is 21.0. The van der Waals surface area contributed by atoms with Gasteiger partial charge in [0, 0.05) is 30.9 Å². The quantitative estimate of drug-likeness (QED) is 0.156. The number of hydrogen-bond acceptors (Lipinski definition) is 6. The van der Waals surface area contributed by atoms with Gasteiger partial charge >= 0.3 is 6.03 Å². The van der Waals surface area contributed by atoms with E-state index in [0.29, 0.717) is 23.2 Å². The number of carbonyl (C=O) groups is 1. The van der Waals surface area contributed by atoms with Crippen LogP contribution in [0.2, 0.25) is 0 Å². The maximum absolute atomic E-state index is 14.2. The van der Waals surface area contributed by atoms with Crippen molar-refractivity contribution in [1.82, 2.24) is 9.80 Å². The molecule has 37 heavy (non-hydrogen) atoms. The van der Waals surface area contributed by atoms with Crippen LogP contribution in [0.1, 0.15) is 22.3 Å². The Bertz CT molecular complexity index is 1220. The summed E-state index contributed by atoms with van der Waals surface area (Å²) in [6.45, 7) is 0.291. The first-order valence-corrected chi connectivity index (χ1v) is 12.2. The van der Waals surface area contributed by atoms with Gasteiger partial charge in [0.25, 0.3) is 0 Å². The van der Waals surface area contributed by atoms with Crippen molar-refractivity contribution < 1.29 is 15.0 Å². The van der Waals surface area contributed by atoms with E-state index in [1.807, 2.05) is 60.7 Å². The SMILES string of the molecule is N=C(N)c1cc(CN2C(=O)N(Cc3ccccc3)[C@H](Cc3ccccc3)[C@H](O)[C@@H](O)[C@H]2CN)ccc1N. The number of hydrogen-bond donors (Lipinski definition) is 6. The summed E-state index contributed by atoms with van der Waals surface area (Å²) in [6, 6.07) is 22.3.